The lowest BCUT2D eigenvalue weighted by atomic mass is 10.6. The van der Waals surface area contributed by atoms with Crippen molar-refractivity contribution in [3.63, 3.8) is 0 Å². The Morgan fingerprint density at radius 2 is 2.00 bits per heavy atom. The molecule has 0 amide bonds. The summed E-state index contributed by atoms with van der Waals surface area (Å²) in [5.74, 6) is 0.261. The van der Waals surface area contributed by atoms with Crippen LogP contribution in [0.3, 0.4) is 0 Å². The van der Waals surface area contributed by atoms with Crippen molar-refractivity contribution in [1.82, 2.24) is 0 Å². The van der Waals surface area contributed by atoms with Crippen LogP contribution >= 0.6 is 0 Å². The van der Waals surface area contributed by atoms with Gasteiger partial charge in [0.25, 0.3) is 0 Å². The maximum atomic E-state index is 10.7. The number of sulfone groups is 1. The highest BCUT2D eigenvalue weighted by Gasteiger charge is 2.00. The zero-order valence-corrected chi connectivity index (χ0v) is 6.61. The summed E-state index contributed by atoms with van der Waals surface area (Å²) in [4.78, 5) is 0. The molecule has 0 atom stereocenters. The molecule has 0 N–H and O–H groups in total. The van der Waals surface area contributed by atoms with Crippen molar-refractivity contribution in [3.8, 4) is 0 Å². The Morgan fingerprint density at radius 3 is 2.33 bits per heavy atom. The molecule has 0 aromatic rings. The van der Waals surface area contributed by atoms with Gasteiger partial charge in [0.2, 0.25) is 0 Å². The molecule has 0 radical (unpaired) electrons. The van der Waals surface area contributed by atoms with Crippen molar-refractivity contribution in [2.45, 2.75) is 20.3 Å². The second kappa shape index (κ2) is 3.67. The van der Waals surface area contributed by atoms with Crippen LogP contribution in [0.4, 0.5) is 0 Å². The molecule has 0 aliphatic carbocycles. The van der Waals surface area contributed by atoms with Gasteiger partial charge in [-0.15, -0.1) is 0 Å². The molecule has 0 unspecified atom stereocenters. The third-order valence-electron chi connectivity index (χ3n) is 0.832. The van der Waals surface area contributed by atoms with Gasteiger partial charge < -0.3 is 0 Å². The molecular formula is C6H12O2S. The summed E-state index contributed by atoms with van der Waals surface area (Å²) in [5.41, 5.74) is 0. The van der Waals surface area contributed by atoms with Gasteiger partial charge in [-0.2, -0.15) is 0 Å². The van der Waals surface area contributed by atoms with Crippen LogP contribution in [0.1, 0.15) is 20.3 Å². The van der Waals surface area contributed by atoms with E-state index in [9.17, 15) is 8.42 Å². The first-order chi connectivity index (χ1) is 4.12. The van der Waals surface area contributed by atoms with Gasteiger partial charge in [0, 0.05) is 5.41 Å². The lowest BCUT2D eigenvalue weighted by Gasteiger charge is -1.90. The highest BCUT2D eigenvalue weighted by Crippen LogP contribution is 1.93. The molecule has 54 valence electrons. The molecule has 3 heteroatoms. The van der Waals surface area contributed by atoms with Crippen LogP contribution in [0, 0.1) is 0 Å². The molecule has 0 aromatic carbocycles. The number of rotatable bonds is 3. The van der Waals surface area contributed by atoms with Crippen molar-refractivity contribution in [2.24, 2.45) is 0 Å². The van der Waals surface area contributed by atoms with E-state index in [-0.39, 0.29) is 5.75 Å². The summed E-state index contributed by atoms with van der Waals surface area (Å²) >= 11 is 0. The molecule has 0 aliphatic rings. The lowest BCUT2D eigenvalue weighted by Crippen LogP contribution is -1.99. The Kier molecular flexibility index (Phi) is 3.54. The number of allylic oxidation sites excluding steroid dienone is 1. The number of hydrogen-bond donors (Lipinski definition) is 0. The largest absolute Gasteiger partial charge is 0.224 e. The fourth-order valence-corrected chi connectivity index (χ4v) is 1.68. The number of hydrogen-bond acceptors (Lipinski definition) is 2. The normalized spacial score (nSPS) is 12.7. The Bertz CT molecular complexity index is 177. The summed E-state index contributed by atoms with van der Waals surface area (Å²) in [6.45, 7) is 3.55. The zero-order valence-electron chi connectivity index (χ0n) is 5.79. The minimum atomic E-state index is -2.86. The average Bonchev–Trinajstić information content (AvgIpc) is 1.64. The summed E-state index contributed by atoms with van der Waals surface area (Å²) < 4.78 is 21.5. The van der Waals surface area contributed by atoms with E-state index in [1.54, 1.807) is 13.0 Å². The van der Waals surface area contributed by atoms with Crippen molar-refractivity contribution in [3.05, 3.63) is 11.5 Å². The van der Waals surface area contributed by atoms with Crippen molar-refractivity contribution < 1.29 is 8.42 Å². The van der Waals surface area contributed by atoms with Crippen LogP contribution in [0.2, 0.25) is 0 Å². The molecule has 0 bridgehead atoms. The lowest BCUT2D eigenvalue weighted by molar-refractivity contribution is 0.603. The fraction of sp³-hybridized carbons (Fsp3) is 0.667. The van der Waals surface area contributed by atoms with Gasteiger partial charge in [0.1, 0.15) is 0 Å². The molecular weight excluding hydrogens is 136 g/mol. The summed E-state index contributed by atoms with van der Waals surface area (Å²) in [7, 11) is -2.86. The average molecular weight is 148 g/mol. The van der Waals surface area contributed by atoms with Crippen LogP contribution < -0.4 is 0 Å². The molecule has 0 rings (SSSR count). The first kappa shape index (κ1) is 8.69. The quantitative estimate of drug-likeness (QED) is 0.605. The monoisotopic (exact) mass is 148 g/mol. The molecule has 2 nitrogen and oxygen atoms in total. The molecule has 9 heavy (non-hydrogen) atoms. The third kappa shape index (κ3) is 4.21. The van der Waals surface area contributed by atoms with Crippen molar-refractivity contribution in [1.29, 1.82) is 0 Å². The summed E-state index contributed by atoms with van der Waals surface area (Å²) in [5, 5.41) is 1.25. The second-order valence-corrected chi connectivity index (χ2v) is 3.84. The van der Waals surface area contributed by atoms with E-state index < -0.39 is 9.84 Å². The first-order valence-electron chi connectivity index (χ1n) is 2.98. The SMILES string of the molecule is CC=CS(=O)(=O)CCC. The van der Waals surface area contributed by atoms with Crippen molar-refractivity contribution >= 4 is 9.84 Å². The fourth-order valence-electron chi connectivity index (χ4n) is 0.560. The van der Waals surface area contributed by atoms with Gasteiger partial charge in [-0.1, -0.05) is 13.0 Å². The molecule has 0 saturated carbocycles. The van der Waals surface area contributed by atoms with Crippen LogP contribution in [-0.2, 0) is 9.84 Å². The predicted molar refractivity (Wildman–Crippen MR) is 38.9 cm³/mol. The zero-order chi connectivity index (χ0) is 7.33. The Morgan fingerprint density at radius 1 is 1.44 bits per heavy atom. The van der Waals surface area contributed by atoms with Gasteiger partial charge in [0.15, 0.2) is 9.84 Å². The Hall–Kier alpha value is -0.310. The Balaban J connectivity index is 4.05. The van der Waals surface area contributed by atoms with E-state index in [1.165, 1.54) is 5.41 Å². The minimum Gasteiger partial charge on any atom is -0.224 e. The first-order valence-corrected chi connectivity index (χ1v) is 4.69. The van der Waals surface area contributed by atoms with Gasteiger partial charge in [-0.25, -0.2) is 8.42 Å². The van der Waals surface area contributed by atoms with Gasteiger partial charge >= 0.3 is 0 Å². The maximum Gasteiger partial charge on any atom is 0.171 e. The minimum absolute atomic E-state index is 0.261. The standard InChI is InChI=1S/C6H12O2S/c1-3-5-9(7,8)6-4-2/h3,5H,4,6H2,1-2H3. The van der Waals surface area contributed by atoms with Crippen LogP contribution in [-0.4, -0.2) is 14.2 Å². The topological polar surface area (TPSA) is 34.1 Å². The van der Waals surface area contributed by atoms with E-state index in [0.717, 1.165) is 0 Å². The molecule has 0 saturated heterocycles. The molecule has 0 aliphatic heterocycles. The van der Waals surface area contributed by atoms with Crippen LogP contribution in [0.5, 0.6) is 0 Å². The molecule has 0 fully saturated rings. The summed E-state index contributed by atoms with van der Waals surface area (Å²) in [6, 6.07) is 0. The van der Waals surface area contributed by atoms with Gasteiger partial charge in [0.05, 0.1) is 5.75 Å². The van der Waals surface area contributed by atoms with Gasteiger partial charge in [-0.3, -0.25) is 0 Å². The molecule has 0 spiro atoms. The Labute approximate surface area is 56.5 Å². The van der Waals surface area contributed by atoms with E-state index >= 15 is 0 Å². The van der Waals surface area contributed by atoms with Crippen LogP contribution in [0.25, 0.3) is 0 Å². The van der Waals surface area contributed by atoms with Crippen molar-refractivity contribution in [2.75, 3.05) is 5.75 Å². The van der Waals surface area contributed by atoms with Crippen LogP contribution in [0.15, 0.2) is 11.5 Å². The maximum absolute atomic E-state index is 10.7. The highest BCUT2D eigenvalue weighted by atomic mass is 32.2. The summed E-state index contributed by atoms with van der Waals surface area (Å²) in [6.07, 6.45) is 2.23. The predicted octanol–water partition coefficient (Wildman–Crippen LogP) is 1.34. The van der Waals surface area contributed by atoms with Gasteiger partial charge in [-0.05, 0) is 13.3 Å². The third-order valence-corrected chi connectivity index (χ3v) is 2.50. The van der Waals surface area contributed by atoms with E-state index in [2.05, 4.69) is 0 Å². The van der Waals surface area contributed by atoms with E-state index in [0.29, 0.717) is 6.42 Å². The smallest absolute Gasteiger partial charge is 0.171 e. The van der Waals surface area contributed by atoms with E-state index in [4.69, 9.17) is 0 Å². The molecule has 0 heterocycles. The van der Waals surface area contributed by atoms with E-state index in [1.807, 2.05) is 6.92 Å². The second-order valence-electron chi connectivity index (χ2n) is 1.84. The molecule has 0 aromatic heterocycles. The highest BCUT2D eigenvalue weighted by molar-refractivity contribution is 7.94.